The maximum absolute atomic E-state index is 13.2. The van der Waals surface area contributed by atoms with Crippen LogP contribution in [0, 0.1) is 5.82 Å². The second kappa shape index (κ2) is 4.65. The van der Waals surface area contributed by atoms with E-state index in [-0.39, 0.29) is 13.3 Å². The van der Waals surface area contributed by atoms with Gasteiger partial charge in [0.05, 0.1) is 17.5 Å². The first kappa shape index (κ1) is 14.1. The predicted octanol–water partition coefficient (Wildman–Crippen LogP) is 2.11. The summed E-state index contributed by atoms with van der Waals surface area (Å²) in [5.41, 5.74) is -0.297. The molecule has 0 fully saturated rings. The molecule has 0 spiro atoms. The molecule has 1 heterocycles. The second-order valence-corrected chi connectivity index (χ2v) is 5.76. The van der Waals surface area contributed by atoms with Gasteiger partial charge in [-0.1, -0.05) is 0 Å². The third-order valence-electron chi connectivity index (χ3n) is 3.68. The fraction of sp³-hybridized carbons (Fsp3) is 0.429. The van der Waals surface area contributed by atoms with Crippen LogP contribution in [0.4, 0.5) is 4.39 Å². The molecule has 2 aromatic rings. The Labute approximate surface area is 112 Å². The van der Waals surface area contributed by atoms with Crippen LogP contribution in [0.15, 0.2) is 28.9 Å². The Bertz CT molecular complexity index is 584. The Hall–Kier alpha value is -1.33. The van der Waals surface area contributed by atoms with Crippen molar-refractivity contribution in [2.75, 3.05) is 0 Å². The summed E-state index contributed by atoms with van der Waals surface area (Å²) in [4.78, 5) is 0. The lowest BCUT2D eigenvalue weighted by molar-refractivity contribution is -0.0893. The Morgan fingerprint density at radius 3 is 2.58 bits per heavy atom. The highest BCUT2D eigenvalue weighted by molar-refractivity contribution is 6.51. The quantitative estimate of drug-likeness (QED) is 0.860. The molecule has 19 heavy (non-hydrogen) atoms. The lowest BCUT2D eigenvalue weighted by Gasteiger charge is -2.37. The first-order valence-corrected chi connectivity index (χ1v) is 6.23. The maximum atomic E-state index is 13.2. The van der Waals surface area contributed by atoms with E-state index in [1.807, 2.05) is 13.8 Å². The third-order valence-corrected chi connectivity index (χ3v) is 3.68. The van der Waals surface area contributed by atoms with Crippen molar-refractivity contribution in [1.82, 2.24) is 0 Å². The molecule has 1 N–H and O–H groups in total. The minimum absolute atomic E-state index is 0.257. The SMILES string of the molecule is CC(C)(O)C(C)(C)OBc1coc2ccc(F)cc12. The molecule has 5 heteroatoms. The molecule has 0 saturated carbocycles. The zero-order valence-corrected chi connectivity index (χ0v) is 11.7. The normalized spacial score (nSPS) is 12.9. The molecule has 0 radical (unpaired) electrons. The maximum Gasteiger partial charge on any atom is 0.313 e. The molecule has 102 valence electrons. The number of hydrogen-bond donors (Lipinski definition) is 1. The Kier molecular flexibility index (Phi) is 3.45. The van der Waals surface area contributed by atoms with Crippen LogP contribution in [0.5, 0.6) is 0 Å². The van der Waals surface area contributed by atoms with Gasteiger partial charge in [-0.2, -0.15) is 0 Å². The number of halogens is 1. The van der Waals surface area contributed by atoms with E-state index in [1.165, 1.54) is 12.1 Å². The summed E-state index contributed by atoms with van der Waals surface area (Å²) in [6.45, 7) is 7.02. The van der Waals surface area contributed by atoms with Crippen LogP contribution < -0.4 is 5.46 Å². The van der Waals surface area contributed by atoms with Gasteiger partial charge in [-0.3, -0.25) is 0 Å². The van der Waals surface area contributed by atoms with Gasteiger partial charge in [0.25, 0.3) is 0 Å². The zero-order chi connectivity index (χ0) is 14.3. The van der Waals surface area contributed by atoms with E-state index < -0.39 is 11.2 Å². The van der Waals surface area contributed by atoms with Crippen molar-refractivity contribution in [3.63, 3.8) is 0 Å². The minimum Gasteiger partial charge on any atom is -0.465 e. The van der Waals surface area contributed by atoms with Crippen molar-refractivity contribution < 1.29 is 18.6 Å². The standard InChI is InChI=1S/C14H18BFO3/c1-13(2,17)14(3,4)19-15-11-8-18-12-6-5-9(16)7-10(11)12/h5-8,15,17H,1-4H3. The number of hydrogen-bond acceptors (Lipinski definition) is 3. The van der Waals surface area contributed by atoms with Crippen LogP contribution >= 0.6 is 0 Å². The summed E-state index contributed by atoms with van der Waals surface area (Å²) in [6, 6.07) is 4.38. The molecule has 0 atom stereocenters. The van der Waals surface area contributed by atoms with Crippen molar-refractivity contribution in [3.8, 4) is 0 Å². The van der Waals surface area contributed by atoms with Gasteiger partial charge >= 0.3 is 7.48 Å². The lowest BCUT2D eigenvalue weighted by atomic mass is 9.82. The van der Waals surface area contributed by atoms with Crippen molar-refractivity contribution in [2.24, 2.45) is 0 Å². The Morgan fingerprint density at radius 1 is 1.26 bits per heavy atom. The van der Waals surface area contributed by atoms with Crippen LogP contribution in [0.2, 0.25) is 0 Å². The molecule has 0 aliphatic carbocycles. The van der Waals surface area contributed by atoms with Crippen LogP contribution in [0.3, 0.4) is 0 Å². The monoisotopic (exact) mass is 264 g/mol. The molecule has 0 bridgehead atoms. The topological polar surface area (TPSA) is 42.6 Å². The summed E-state index contributed by atoms with van der Waals surface area (Å²) in [7, 11) is 0.257. The summed E-state index contributed by atoms with van der Waals surface area (Å²) in [5.74, 6) is -0.308. The van der Waals surface area contributed by atoms with Crippen LogP contribution in [-0.2, 0) is 4.65 Å². The van der Waals surface area contributed by atoms with E-state index in [4.69, 9.17) is 9.07 Å². The molecule has 1 aromatic carbocycles. The van der Waals surface area contributed by atoms with Crippen molar-refractivity contribution in [1.29, 1.82) is 0 Å². The van der Waals surface area contributed by atoms with E-state index in [0.29, 0.717) is 11.0 Å². The molecule has 0 unspecified atom stereocenters. The molecule has 1 aromatic heterocycles. The third kappa shape index (κ3) is 2.82. The van der Waals surface area contributed by atoms with Gasteiger partial charge in [-0.05, 0) is 51.4 Å². The number of rotatable bonds is 4. The average Bonchev–Trinajstić information content (AvgIpc) is 2.67. The number of benzene rings is 1. The Balaban J connectivity index is 2.21. The predicted molar refractivity (Wildman–Crippen MR) is 74.4 cm³/mol. The largest absolute Gasteiger partial charge is 0.465 e. The van der Waals surface area contributed by atoms with Crippen molar-refractivity contribution in [3.05, 3.63) is 30.3 Å². The first-order chi connectivity index (χ1) is 8.71. The summed E-state index contributed by atoms with van der Waals surface area (Å²) >= 11 is 0. The molecular formula is C14H18BFO3. The molecule has 0 saturated heterocycles. The average molecular weight is 264 g/mol. The highest BCUT2D eigenvalue weighted by atomic mass is 19.1. The highest BCUT2D eigenvalue weighted by Crippen LogP contribution is 2.24. The second-order valence-electron chi connectivity index (χ2n) is 5.76. The van der Waals surface area contributed by atoms with Gasteiger partial charge < -0.3 is 14.2 Å². The molecule has 2 rings (SSSR count). The van der Waals surface area contributed by atoms with Gasteiger partial charge in [-0.25, -0.2) is 4.39 Å². The van der Waals surface area contributed by atoms with E-state index >= 15 is 0 Å². The van der Waals surface area contributed by atoms with Gasteiger partial charge in [0.15, 0.2) is 0 Å². The van der Waals surface area contributed by atoms with E-state index in [0.717, 1.165) is 5.46 Å². The number of fused-ring (bicyclic) bond motifs is 1. The molecule has 3 nitrogen and oxygen atoms in total. The van der Waals surface area contributed by atoms with Crippen LogP contribution in [0.1, 0.15) is 27.7 Å². The fourth-order valence-corrected chi connectivity index (χ4v) is 1.60. The van der Waals surface area contributed by atoms with Crippen LogP contribution in [0.25, 0.3) is 11.0 Å². The summed E-state index contributed by atoms with van der Waals surface area (Å²) in [6.07, 6.45) is 1.56. The highest BCUT2D eigenvalue weighted by Gasteiger charge is 2.35. The van der Waals surface area contributed by atoms with Crippen molar-refractivity contribution in [2.45, 2.75) is 38.9 Å². The van der Waals surface area contributed by atoms with Gasteiger partial charge in [0, 0.05) is 5.39 Å². The number of furan rings is 1. The zero-order valence-electron chi connectivity index (χ0n) is 11.7. The number of aliphatic hydroxyl groups is 1. The van der Waals surface area contributed by atoms with Gasteiger partial charge in [-0.15, -0.1) is 0 Å². The molecule has 0 aliphatic heterocycles. The van der Waals surface area contributed by atoms with Gasteiger partial charge in [0.1, 0.15) is 11.4 Å². The minimum atomic E-state index is -0.974. The molecular weight excluding hydrogens is 246 g/mol. The molecule has 0 amide bonds. The van der Waals surface area contributed by atoms with Crippen molar-refractivity contribution >= 4 is 23.9 Å². The van der Waals surface area contributed by atoms with E-state index in [1.54, 1.807) is 26.2 Å². The first-order valence-electron chi connectivity index (χ1n) is 6.23. The fourth-order valence-electron chi connectivity index (χ4n) is 1.60. The molecule has 0 aliphatic rings. The van der Waals surface area contributed by atoms with Crippen LogP contribution in [-0.4, -0.2) is 23.8 Å². The summed E-state index contributed by atoms with van der Waals surface area (Å²) < 4.78 is 24.3. The van der Waals surface area contributed by atoms with E-state index in [2.05, 4.69) is 0 Å². The Morgan fingerprint density at radius 2 is 1.95 bits per heavy atom. The summed E-state index contributed by atoms with van der Waals surface area (Å²) in [5, 5.41) is 10.7. The lowest BCUT2D eigenvalue weighted by Crippen LogP contribution is -2.49. The van der Waals surface area contributed by atoms with Gasteiger partial charge in [0.2, 0.25) is 0 Å². The van der Waals surface area contributed by atoms with E-state index in [9.17, 15) is 9.50 Å². The smallest absolute Gasteiger partial charge is 0.313 e.